The van der Waals surface area contributed by atoms with Gasteiger partial charge in [-0.15, -0.1) is 0 Å². The predicted molar refractivity (Wildman–Crippen MR) is 81.5 cm³/mol. The van der Waals surface area contributed by atoms with Crippen LogP contribution in [0, 0.1) is 11.8 Å². The van der Waals surface area contributed by atoms with E-state index >= 15 is 0 Å². The number of benzene rings is 1. The van der Waals surface area contributed by atoms with E-state index in [0.29, 0.717) is 18.2 Å². The molecule has 1 aliphatic carbocycles. The number of nitrogens with two attached hydrogens (primary N) is 1. The van der Waals surface area contributed by atoms with Crippen molar-refractivity contribution in [3.63, 3.8) is 0 Å². The van der Waals surface area contributed by atoms with E-state index in [1.54, 1.807) is 6.07 Å². The van der Waals surface area contributed by atoms with Gasteiger partial charge < -0.3 is 16.2 Å². The van der Waals surface area contributed by atoms with Crippen molar-refractivity contribution in [2.24, 2.45) is 17.6 Å². The van der Waals surface area contributed by atoms with Crippen LogP contribution < -0.4 is 11.1 Å². The highest BCUT2D eigenvalue weighted by atomic mass is 35.5. The zero-order chi connectivity index (χ0) is 15.4. The van der Waals surface area contributed by atoms with Crippen molar-refractivity contribution in [1.82, 2.24) is 0 Å². The summed E-state index contributed by atoms with van der Waals surface area (Å²) in [5.41, 5.74) is 6.09. The fourth-order valence-corrected chi connectivity index (χ4v) is 2.87. The Morgan fingerprint density at radius 1 is 1.29 bits per heavy atom. The van der Waals surface area contributed by atoms with Crippen molar-refractivity contribution in [2.45, 2.75) is 25.7 Å². The normalized spacial score (nSPS) is 21.8. The average molecular weight is 311 g/mol. The molecular formula is C15H19ClN2O3. The van der Waals surface area contributed by atoms with E-state index in [-0.39, 0.29) is 22.4 Å². The Bertz CT molecular complexity index is 540. The third-order valence-electron chi connectivity index (χ3n) is 4.02. The minimum Gasteiger partial charge on any atom is -0.478 e. The number of halogens is 1. The first-order valence-electron chi connectivity index (χ1n) is 7.05. The van der Waals surface area contributed by atoms with Crippen LogP contribution in [-0.4, -0.2) is 23.5 Å². The molecule has 0 saturated heterocycles. The van der Waals surface area contributed by atoms with Crippen molar-refractivity contribution in [3.05, 3.63) is 28.8 Å². The van der Waals surface area contributed by atoms with Crippen LogP contribution in [0.25, 0.3) is 0 Å². The van der Waals surface area contributed by atoms with Gasteiger partial charge in [0, 0.05) is 11.6 Å². The van der Waals surface area contributed by atoms with E-state index in [4.69, 9.17) is 22.4 Å². The number of nitrogens with one attached hydrogen (secondary N) is 1. The van der Waals surface area contributed by atoms with E-state index in [0.717, 1.165) is 25.7 Å². The molecule has 0 heterocycles. The van der Waals surface area contributed by atoms with Crippen LogP contribution in [0.15, 0.2) is 18.2 Å². The highest BCUT2D eigenvalue weighted by molar-refractivity contribution is 6.33. The smallest absolute Gasteiger partial charge is 0.337 e. The quantitative estimate of drug-likeness (QED) is 0.797. The summed E-state index contributed by atoms with van der Waals surface area (Å²) < 4.78 is 0. The van der Waals surface area contributed by atoms with Gasteiger partial charge >= 0.3 is 5.97 Å². The molecule has 5 nitrogen and oxygen atoms in total. The van der Waals surface area contributed by atoms with Gasteiger partial charge in [0.2, 0.25) is 5.91 Å². The van der Waals surface area contributed by atoms with Gasteiger partial charge in [-0.1, -0.05) is 11.6 Å². The highest BCUT2D eigenvalue weighted by Crippen LogP contribution is 2.29. The lowest BCUT2D eigenvalue weighted by atomic mass is 9.81. The summed E-state index contributed by atoms with van der Waals surface area (Å²) in [6.45, 7) is 0.674. The highest BCUT2D eigenvalue weighted by Gasteiger charge is 2.25. The molecule has 0 unspecified atom stereocenters. The topological polar surface area (TPSA) is 92.4 Å². The first-order valence-corrected chi connectivity index (χ1v) is 7.43. The van der Waals surface area contributed by atoms with Crippen molar-refractivity contribution in [1.29, 1.82) is 0 Å². The number of hydrogen-bond acceptors (Lipinski definition) is 3. The average Bonchev–Trinajstić information content (AvgIpc) is 2.49. The minimum absolute atomic E-state index is 0.0127. The second-order valence-electron chi connectivity index (χ2n) is 5.44. The second-order valence-corrected chi connectivity index (χ2v) is 5.85. The van der Waals surface area contributed by atoms with Crippen LogP contribution in [-0.2, 0) is 4.79 Å². The molecule has 21 heavy (non-hydrogen) atoms. The van der Waals surface area contributed by atoms with Crippen LogP contribution >= 0.6 is 11.6 Å². The van der Waals surface area contributed by atoms with Crippen molar-refractivity contribution >= 4 is 29.2 Å². The van der Waals surface area contributed by atoms with Gasteiger partial charge in [-0.25, -0.2) is 4.79 Å². The zero-order valence-electron chi connectivity index (χ0n) is 11.6. The number of anilines is 1. The first-order chi connectivity index (χ1) is 10.0. The molecule has 0 radical (unpaired) electrons. The molecule has 1 saturated carbocycles. The molecule has 2 rings (SSSR count). The SMILES string of the molecule is NCC1CCC(C(=O)Nc2ccc(Cl)c(C(=O)O)c2)CC1. The Morgan fingerprint density at radius 2 is 1.95 bits per heavy atom. The fourth-order valence-electron chi connectivity index (χ4n) is 2.67. The van der Waals surface area contributed by atoms with Gasteiger partial charge in [0.05, 0.1) is 10.6 Å². The Labute approximate surface area is 128 Å². The number of carboxylic acids is 1. The summed E-state index contributed by atoms with van der Waals surface area (Å²) >= 11 is 5.80. The number of carbonyl (C=O) groups is 2. The number of carbonyl (C=O) groups excluding carboxylic acids is 1. The Morgan fingerprint density at radius 3 is 2.52 bits per heavy atom. The lowest BCUT2D eigenvalue weighted by Gasteiger charge is -2.26. The van der Waals surface area contributed by atoms with Crippen molar-refractivity contribution in [3.8, 4) is 0 Å². The second kappa shape index (κ2) is 6.91. The molecule has 0 bridgehead atoms. The monoisotopic (exact) mass is 310 g/mol. The van der Waals surface area contributed by atoms with E-state index < -0.39 is 5.97 Å². The minimum atomic E-state index is -1.11. The van der Waals surface area contributed by atoms with Crippen LogP contribution in [0.4, 0.5) is 5.69 Å². The molecule has 1 aromatic carbocycles. The summed E-state index contributed by atoms with van der Waals surface area (Å²) in [5, 5.41) is 12.0. The summed E-state index contributed by atoms with van der Waals surface area (Å²) in [6.07, 6.45) is 3.59. The Kier molecular flexibility index (Phi) is 5.20. The summed E-state index contributed by atoms with van der Waals surface area (Å²) in [5.74, 6) is -0.691. The van der Waals surface area contributed by atoms with Crippen molar-refractivity contribution in [2.75, 3.05) is 11.9 Å². The molecule has 4 N–H and O–H groups in total. The molecule has 1 amide bonds. The van der Waals surface area contributed by atoms with E-state index in [9.17, 15) is 9.59 Å². The maximum absolute atomic E-state index is 12.2. The third kappa shape index (κ3) is 3.95. The first kappa shape index (κ1) is 15.8. The van der Waals surface area contributed by atoms with Gasteiger partial charge in [-0.2, -0.15) is 0 Å². The fraction of sp³-hybridized carbons (Fsp3) is 0.467. The maximum Gasteiger partial charge on any atom is 0.337 e. The van der Waals surface area contributed by atoms with Gasteiger partial charge in [-0.05, 0) is 56.3 Å². The summed E-state index contributed by atoms with van der Waals surface area (Å²) in [7, 11) is 0. The molecule has 0 aliphatic heterocycles. The number of amides is 1. The molecule has 0 aromatic heterocycles. The largest absolute Gasteiger partial charge is 0.478 e. The Balaban J connectivity index is 2.00. The van der Waals surface area contributed by atoms with Gasteiger partial charge in [0.25, 0.3) is 0 Å². The van der Waals surface area contributed by atoms with Crippen LogP contribution in [0.2, 0.25) is 5.02 Å². The summed E-state index contributed by atoms with van der Waals surface area (Å²) in [4.78, 5) is 23.2. The zero-order valence-corrected chi connectivity index (χ0v) is 12.4. The molecular weight excluding hydrogens is 292 g/mol. The molecule has 114 valence electrons. The third-order valence-corrected chi connectivity index (χ3v) is 4.34. The standard InChI is InChI=1S/C15H19ClN2O3/c16-13-6-5-11(7-12(13)15(20)21)18-14(19)10-3-1-9(8-17)2-4-10/h5-7,9-10H,1-4,8,17H2,(H,18,19)(H,20,21). The van der Waals surface area contributed by atoms with Crippen LogP contribution in [0.3, 0.4) is 0 Å². The Hall–Kier alpha value is -1.59. The van der Waals surface area contributed by atoms with Gasteiger partial charge in [0.15, 0.2) is 0 Å². The molecule has 6 heteroatoms. The molecule has 1 aromatic rings. The molecule has 1 fully saturated rings. The van der Waals surface area contributed by atoms with Crippen molar-refractivity contribution < 1.29 is 14.7 Å². The maximum atomic E-state index is 12.2. The van der Waals surface area contributed by atoms with E-state index in [1.165, 1.54) is 12.1 Å². The lowest BCUT2D eigenvalue weighted by molar-refractivity contribution is -0.121. The van der Waals surface area contributed by atoms with E-state index in [2.05, 4.69) is 5.32 Å². The lowest BCUT2D eigenvalue weighted by Crippen LogP contribution is -2.29. The molecule has 0 spiro atoms. The number of hydrogen-bond donors (Lipinski definition) is 3. The number of aromatic carboxylic acids is 1. The van der Waals surface area contributed by atoms with Gasteiger partial charge in [0.1, 0.15) is 0 Å². The molecule has 1 aliphatic rings. The molecule has 0 atom stereocenters. The van der Waals surface area contributed by atoms with Crippen LogP contribution in [0.1, 0.15) is 36.0 Å². The van der Waals surface area contributed by atoms with E-state index in [1.807, 2.05) is 0 Å². The number of carboxylic acid groups (broad SMARTS) is 1. The number of rotatable bonds is 4. The van der Waals surface area contributed by atoms with Gasteiger partial charge in [-0.3, -0.25) is 4.79 Å². The predicted octanol–water partition coefficient (Wildman–Crippen LogP) is 2.74. The van der Waals surface area contributed by atoms with Crippen LogP contribution in [0.5, 0.6) is 0 Å². The summed E-state index contributed by atoms with van der Waals surface area (Å²) in [6, 6.07) is 4.47.